The number of aliphatic hydroxyl groups excluding tert-OH is 1. The van der Waals surface area contributed by atoms with E-state index >= 15 is 0 Å². The molecule has 1 saturated heterocycles. The maximum atomic E-state index is 9.44. The van der Waals surface area contributed by atoms with E-state index in [1.165, 1.54) is 28.8 Å². The van der Waals surface area contributed by atoms with E-state index in [1.807, 2.05) is 6.20 Å². The van der Waals surface area contributed by atoms with Gasteiger partial charge >= 0.3 is 0 Å². The van der Waals surface area contributed by atoms with E-state index in [9.17, 15) is 5.11 Å². The molecule has 0 spiro atoms. The van der Waals surface area contributed by atoms with Crippen molar-refractivity contribution in [3.8, 4) is 10.6 Å². The second kappa shape index (κ2) is 8.21. The van der Waals surface area contributed by atoms with Gasteiger partial charge in [-0.05, 0) is 39.9 Å². The Morgan fingerprint density at radius 2 is 1.96 bits per heavy atom. The Morgan fingerprint density at radius 3 is 2.62 bits per heavy atom. The Kier molecular flexibility index (Phi) is 6.00. The Morgan fingerprint density at radius 1 is 1.25 bits per heavy atom. The van der Waals surface area contributed by atoms with E-state index in [4.69, 9.17) is 0 Å². The Hall–Kier alpha value is -1.27. The quantitative estimate of drug-likeness (QED) is 0.874. The van der Waals surface area contributed by atoms with Gasteiger partial charge in [-0.1, -0.05) is 29.8 Å². The molecule has 2 heterocycles. The molecule has 1 aliphatic heterocycles. The topological polar surface area (TPSA) is 39.6 Å². The van der Waals surface area contributed by atoms with Crippen molar-refractivity contribution in [3.05, 3.63) is 40.9 Å². The lowest BCUT2D eigenvalue weighted by atomic mass is 10.0. The van der Waals surface area contributed by atoms with Crippen LogP contribution in [0.1, 0.15) is 23.3 Å². The zero-order valence-electron chi connectivity index (χ0n) is 14.6. The fourth-order valence-electron chi connectivity index (χ4n) is 3.29. The third-order valence-electron chi connectivity index (χ3n) is 4.80. The number of hydrogen-bond donors (Lipinski definition) is 1. The third-order valence-corrected chi connectivity index (χ3v) is 5.83. The van der Waals surface area contributed by atoms with Crippen molar-refractivity contribution in [2.24, 2.45) is 0 Å². The van der Waals surface area contributed by atoms with Gasteiger partial charge in [-0.3, -0.25) is 4.90 Å². The molecule has 2 aromatic rings. The van der Waals surface area contributed by atoms with E-state index in [-0.39, 0.29) is 6.61 Å². The summed E-state index contributed by atoms with van der Waals surface area (Å²) in [6.07, 6.45) is 4.36. The van der Waals surface area contributed by atoms with Gasteiger partial charge in [0, 0.05) is 35.8 Å². The van der Waals surface area contributed by atoms with Crippen LogP contribution in [0.15, 0.2) is 30.5 Å². The largest absolute Gasteiger partial charge is 0.395 e. The lowest BCUT2D eigenvalue weighted by Gasteiger charge is -2.36. The number of piperidine rings is 1. The van der Waals surface area contributed by atoms with Gasteiger partial charge in [-0.15, -0.1) is 11.3 Å². The van der Waals surface area contributed by atoms with Gasteiger partial charge in [0.2, 0.25) is 0 Å². The smallest absolute Gasteiger partial charge is 0.123 e. The molecule has 0 unspecified atom stereocenters. The van der Waals surface area contributed by atoms with Crippen LogP contribution >= 0.6 is 11.3 Å². The third kappa shape index (κ3) is 4.42. The first-order chi connectivity index (χ1) is 11.7. The summed E-state index contributed by atoms with van der Waals surface area (Å²) in [6, 6.07) is 9.11. The van der Waals surface area contributed by atoms with Crippen LogP contribution in [0.5, 0.6) is 0 Å². The van der Waals surface area contributed by atoms with Crippen molar-refractivity contribution < 1.29 is 5.11 Å². The first kappa shape index (κ1) is 17.5. The first-order valence-corrected chi connectivity index (χ1v) is 9.52. The SMILES string of the molecule is Cc1ccc(-c2ncc(CN(CCO)C3CCN(C)CC3)s2)cc1. The maximum absolute atomic E-state index is 9.44. The average molecular weight is 346 g/mol. The lowest BCUT2D eigenvalue weighted by molar-refractivity contribution is 0.0949. The summed E-state index contributed by atoms with van der Waals surface area (Å²) >= 11 is 1.77. The zero-order valence-corrected chi connectivity index (χ0v) is 15.4. The highest BCUT2D eigenvalue weighted by Gasteiger charge is 2.23. The summed E-state index contributed by atoms with van der Waals surface area (Å²) < 4.78 is 0. The molecule has 0 radical (unpaired) electrons. The number of hydrogen-bond acceptors (Lipinski definition) is 5. The Labute approximate surface area is 148 Å². The summed E-state index contributed by atoms with van der Waals surface area (Å²) in [4.78, 5) is 10.7. The molecule has 0 bridgehead atoms. The molecular weight excluding hydrogens is 318 g/mol. The molecule has 0 aliphatic carbocycles. The van der Waals surface area contributed by atoms with Crippen LogP contribution in [0.4, 0.5) is 0 Å². The lowest BCUT2D eigenvalue weighted by Crippen LogP contribution is -2.44. The average Bonchev–Trinajstić information content (AvgIpc) is 3.04. The van der Waals surface area contributed by atoms with Crippen molar-refractivity contribution in [1.82, 2.24) is 14.8 Å². The molecular formula is C19H27N3OS. The second-order valence-corrected chi connectivity index (χ2v) is 7.84. The van der Waals surface area contributed by atoms with Crippen molar-refractivity contribution in [2.45, 2.75) is 32.4 Å². The highest BCUT2D eigenvalue weighted by molar-refractivity contribution is 7.15. The molecule has 4 nitrogen and oxygen atoms in total. The van der Waals surface area contributed by atoms with Crippen LogP contribution < -0.4 is 0 Å². The molecule has 1 aromatic carbocycles. The van der Waals surface area contributed by atoms with Gasteiger partial charge in [0.05, 0.1) is 6.61 Å². The fraction of sp³-hybridized carbons (Fsp3) is 0.526. The van der Waals surface area contributed by atoms with Crippen molar-refractivity contribution in [3.63, 3.8) is 0 Å². The van der Waals surface area contributed by atoms with Gasteiger partial charge in [0.25, 0.3) is 0 Å². The van der Waals surface area contributed by atoms with E-state index in [2.05, 4.69) is 53.0 Å². The molecule has 130 valence electrons. The molecule has 3 rings (SSSR count). The van der Waals surface area contributed by atoms with Crippen LogP contribution in [0.25, 0.3) is 10.6 Å². The maximum Gasteiger partial charge on any atom is 0.123 e. The first-order valence-electron chi connectivity index (χ1n) is 8.71. The van der Waals surface area contributed by atoms with Crippen LogP contribution in [0.2, 0.25) is 0 Å². The molecule has 0 amide bonds. The number of nitrogens with zero attached hydrogens (tertiary/aromatic N) is 3. The molecule has 24 heavy (non-hydrogen) atoms. The van der Waals surface area contributed by atoms with Gasteiger partial charge in [-0.2, -0.15) is 0 Å². The van der Waals surface area contributed by atoms with Gasteiger partial charge in [0.15, 0.2) is 0 Å². The van der Waals surface area contributed by atoms with E-state index in [0.29, 0.717) is 6.04 Å². The number of rotatable bonds is 6. The molecule has 1 N–H and O–H groups in total. The number of aliphatic hydroxyl groups is 1. The predicted octanol–water partition coefficient (Wildman–Crippen LogP) is 3.01. The molecule has 1 fully saturated rings. The molecule has 1 aromatic heterocycles. The van der Waals surface area contributed by atoms with Crippen molar-refractivity contribution in [2.75, 3.05) is 33.3 Å². The van der Waals surface area contributed by atoms with Crippen LogP contribution in [0.3, 0.4) is 0 Å². The normalized spacial score (nSPS) is 16.8. The molecule has 1 aliphatic rings. The fourth-order valence-corrected chi connectivity index (χ4v) is 4.23. The summed E-state index contributed by atoms with van der Waals surface area (Å²) in [7, 11) is 2.18. The number of benzene rings is 1. The standard InChI is InChI=1S/C19H27N3OS/c1-15-3-5-16(6-4-15)19-20-13-18(24-19)14-22(11-12-23)17-7-9-21(2)10-8-17/h3-6,13,17,23H,7-12,14H2,1-2H3. The van der Waals surface area contributed by atoms with E-state index in [1.54, 1.807) is 11.3 Å². The number of likely N-dealkylation sites (tertiary alicyclic amines) is 1. The van der Waals surface area contributed by atoms with E-state index in [0.717, 1.165) is 31.2 Å². The predicted molar refractivity (Wildman–Crippen MR) is 100 cm³/mol. The minimum atomic E-state index is 0.218. The monoisotopic (exact) mass is 345 g/mol. The summed E-state index contributed by atoms with van der Waals surface area (Å²) in [6.45, 7) is 6.24. The number of thiazole rings is 1. The molecule has 0 saturated carbocycles. The van der Waals surface area contributed by atoms with Crippen LogP contribution in [-0.4, -0.2) is 59.2 Å². The van der Waals surface area contributed by atoms with Gasteiger partial charge < -0.3 is 10.0 Å². The summed E-state index contributed by atoms with van der Waals surface area (Å²) in [5.74, 6) is 0. The molecule has 5 heteroatoms. The molecule has 0 atom stereocenters. The highest BCUT2D eigenvalue weighted by atomic mass is 32.1. The zero-order chi connectivity index (χ0) is 16.9. The van der Waals surface area contributed by atoms with Crippen LogP contribution in [-0.2, 0) is 6.54 Å². The minimum Gasteiger partial charge on any atom is -0.395 e. The van der Waals surface area contributed by atoms with E-state index < -0.39 is 0 Å². The summed E-state index contributed by atoms with van der Waals surface area (Å²) in [5, 5.41) is 10.5. The van der Waals surface area contributed by atoms with Crippen molar-refractivity contribution in [1.29, 1.82) is 0 Å². The Bertz CT molecular complexity index is 632. The number of aromatic nitrogens is 1. The van der Waals surface area contributed by atoms with Gasteiger partial charge in [0.1, 0.15) is 5.01 Å². The highest BCUT2D eigenvalue weighted by Crippen LogP contribution is 2.27. The summed E-state index contributed by atoms with van der Waals surface area (Å²) in [5.41, 5.74) is 2.46. The second-order valence-electron chi connectivity index (χ2n) is 6.73. The number of aryl methyl sites for hydroxylation is 1. The minimum absolute atomic E-state index is 0.218. The van der Waals surface area contributed by atoms with Gasteiger partial charge in [-0.25, -0.2) is 4.98 Å². The Balaban J connectivity index is 1.68. The van der Waals surface area contributed by atoms with Crippen molar-refractivity contribution >= 4 is 11.3 Å². The van der Waals surface area contributed by atoms with Crippen LogP contribution in [0, 0.1) is 6.92 Å².